The summed E-state index contributed by atoms with van der Waals surface area (Å²) >= 11 is 2.34. The molecule has 2 heteroatoms. The van der Waals surface area contributed by atoms with Gasteiger partial charge < -0.3 is 5.32 Å². The van der Waals surface area contributed by atoms with Crippen molar-refractivity contribution in [3.05, 3.63) is 33.4 Å². The molecule has 0 spiro atoms. The van der Waals surface area contributed by atoms with Gasteiger partial charge in [0.15, 0.2) is 0 Å². The van der Waals surface area contributed by atoms with Crippen molar-refractivity contribution >= 4 is 22.6 Å². The molecule has 1 aromatic carbocycles. The van der Waals surface area contributed by atoms with Gasteiger partial charge in [-0.1, -0.05) is 19.1 Å². The highest BCUT2D eigenvalue weighted by Crippen LogP contribution is 2.16. The van der Waals surface area contributed by atoms with Crippen LogP contribution in [-0.2, 0) is 0 Å². The number of rotatable bonds is 3. The smallest absolute Gasteiger partial charge is 0.0130 e. The summed E-state index contributed by atoms with van der Waals surface area (Å²) < 4.78 is 1.30. The largest absolute Gasteiger partial charge is 0.311 e. The molecule has 1 unspecified atom stereocenters. The molecule has 0 radical (unpaired) electrons. The Morgan fingerprint density at radius 2 is 1.73 bits per heavy atom. The van der Waals surface area contributed by atoms with E-state index in [1.54, 1.807) is 0 Å². The molecule has 0 amide bonds. The van der Waals surface area contributed by atoms with Crippen LogP contribution in [0.2, 0.25) is 0 Å². The lowest BCUT2D eigenvalue weighted by atomic mass is 9.99. The fourth-order valence-electron chi connectivity index (χ4n) is 1.37. The maximum atomic E-state index is 3.53. The van der Waals surface area contributed by atoms with Gasteiger partial charge in [-0.2, -0.15) is 0 Å². The molecule has 15 heavy (non-hydrogen) atoms. The van der Waals surface area contributed by atoms with Crippen LogP contribution < -0.4 is 5.32 Å². The predicted octanol–water partition coefficient (Wildman–Crippen LogP) is 3.78. The average Bonchev–Trinajstić information content (AvgIpc) is 2.14. The van der Waals surface area contributed by atoms with Crippen LogP contribution in [0.4, 0.5) is 0 Å². The summed E-state index contributed by atoms with van der Waals surface area (Å²) in [5.74, 6) is 0.571. The Bertz CT molecular complexity index is 297. The molecule has 84 valence electrons. The topological polar surface area (TPSA) is 12.0 Å². The molecule has 1 nitrogen and oxygen atoms in total. The third-order valence-corrected chi connectivity index (χ3v) is 3.10. The van der Waals surface area contributed by atoms with Crippen molar-refractivity contribution in [1.29, 1.82) is 0 Å². The Morgan fingerprint density at radius 3 is 2.20 bits per heavy atom. The highest BCUT2D eigenvalue weighted by atomic mass is 127. The number of hydrogen-bond acceptors (Lipinski definition) is 1. The first-order chi connectivity index (χ1) is 6.88. The van der Waals surface area contributed by atoms with Crippen molar-refractivity contribution in [2.24, 2.45) is 0 Å². The first-order valence-corrected chi connectivity index (χ1v) is 6.47. The molecule has 0 fully saturated rings. The van der Waals surface area contributed by atoms with Crippen LogP contribution >= 0.6 is 22.6 Å². The Kier molecular flexibility index (Phi) is 4.59. The number of halogens is 1. The summed E-state index contributed by atoms with van der Waals surface area (Å²) in [5, 5.41) is 3.53. The summed E-state index contributed by atoms with van der Waals surface area (Å²) in [5.41, 5.74) is 1.62. The van der Waals surface area contributed by atoms with E-state index < -0.39 is 0 Å². The maximum Gasteiger partial charge on any atom is 0.0130 e. The van der Waals surface area contributed by atoms with Gasteiger partial charge >= 0.3 is 0 Å². The van der Waals surface area contributed by atoms with Crippen molar-refractivity contribution in [2.75, 3.05) is 6.54 Å². The van der Waals surface area contributed by atoms with Gasteiger partial charge in [-0.25, -0.2) is 0 Å². The van der Waals surface area contributed by atoms with Gasteiger partial charge in [0.1, 0.15) is 0 Å². The van der Waals surface area contributed by atoms with Crippen LogP contribution in [0.5, 0.6) is 0 Å². The molecule has 0 aliphatic rings. The maximum absolute atomic E-state index is 3.53. The Morgan fingerprint density at radius 1 is 1.20 bits per heavy atom. The summed E-state index contributed by atoms with van der Waals surface area (Å²) in [4.78, 5) is 0. The zero-order chi connectivity index (χ0) is 11.5. The Balaban J connectivity index is 2.54. The average molecular weight is 317 g/mol. The summed E-state index contributed by atoms with van der Waals surface area (Å²) in [6.07, 6.45) is 0. The molecule has 0 aromatic heterocycles. The lowest BCUT2D eigenvalue weighted by Gasteiger charge is -2.23. The minimum absolute atomic E-state index is 0.206. The lowest BCUT2D eigenvalue weighted by Crippen LogP contribution is -2.38. The van der Waals surface area contributed by atoms with E-state index in [1.165, 1.54) is 9.13 Å². The van der Waals surface area contributed by atoms with Gasteiger partial charge in [0.25, 0.3) is 0 Å². The zero-order valence-corrected chi connectivity index (χ0v) is 12.1. The van der Waals surface area contributed by atoms with Crippen LogP contribution in [0.3, 0.4) is 0 Å². The summed E-state index contributed by atoms with van der Waals surface area (Å²) in [7, 11) is 0. The van der Waals surface area contributed by atoms with Crippen molar-refractivity contribution in [3.63, 3.8) is 0 Å². The molecule has 0 aliphatic carbocycles. The number of benzene rings is 1. The first-order valence-electron chi connectivity index (χ1n) is 5.39. The molecular weight excluding hydrogens is 297 g/mol. The monoisotopic (exact) mass is 317 g/mol. The Labute approximate surface area is 107 Å². The van der Waals surface area contributed by atoms with E-state index in [2.05, 4.69) is 79.9 Å². The third kappa shape index (κ3) is 4.98. The van der Waals surface area contributed by atoms with Gasteiger partial charge in [-0.3, -0.25) is 0 Å². The predicted molar refractivity (Wildman–Crippen MR) is 75.3 cm³/mol. The second-order valence-electron chi connectivity index (χ2n) is 5.08. The van der Waals surface area contributed by atoms with Gasteiger partial charge in [0.2, 0.25) is 0 Å². The van der Waals surface area contributed by atoms with Gasteiger partial charge in [0, 0.05) is 15.7 Å². The van der Waals surface area contributed by atoms with Gasteiger partial charge in [0.05, 0.1) is 0 Å². The van der Waals surface area contributed by atoms with Crippen molar-refractivity contribution in [2.45, 2.75) is 39.2 Å². The molecular formula is C13H20IN. The molecule has 1 rings (SSSR count). The standard InChI is InChI=1S/C13H20IN/c1-10(9-15-13(2,3)4)11-5-7-12(14)8-6-11/h5-8,10,15H,9H2,1-4H3. The molecule has 0 bridgehead atoms. The van der Waals surface area contributed by atoms with Crippen molar-refractivity contribution in [1.82, 2.24) is 5.32 Å². The third-order valence-electron chi connectivity index (χ3n) is 2.38. The molecule has 1 N–H and O–H groups in total. The number of hydrogen-bond donors (Lipinski definition) is 1. The Hall–Kier alpha value is -0.0900. The fraction of sp³-hybridized carbons (Fsp3) is 0.538. The summed E-state index contributed by atoms with van der Waals surface area (Å²) in [6, 6.07) is 8.78. The quantitative estimate of drug-likeness (QED) is 0.837. The molecule has 0 saturated carbocycles. The van der Waals surface area contributed by atoms with Gasteiger partial charge in [-0.15, -0.1) is 0 Å². The molecule has 0 aliphatic heterocycles. The fourth-order valence-corrected chi connectivity index (χ4v) is 1.73. The molecule has 1 aromatic rings. The minimum atomic E-state index is 0.206. The van der Waals surface area contributed by atoms with Crippen LogP contribution in [0.15, 0.2) is 24.3 Å². The number of nitrogens with one attached hydrogen (secondary N) is 1. The molecule has 0 heterocycles. The first kappa shape index (κ1) is 13.0. The van der Waals surface area contributed by atoms with Crippen LogP contribution in [0.1, 0.15) is 39.2 Å². The zero-order valence-electron chi connectivity index (χ0n) is 9.97. The van der Waals surface area contributed by atoms with E-state index >= 15 is 0 Å². The normalized spacial score (nSPS) is 13.9. The van der Waals surface area contributed by atoms with E-state index in [0.29, 0.717) is 5.92 Å². The highest BCUT2D eigenvalue weighted by Gasteiger charge is 2.11. The minimum Gasteiger partial charge on any atom is -0.311 e. The lowest BCUT2D eigenvalue weighted by molar-refractivity contribution is 0.412. The van der Waals surface area contributed by atoms with Crippen LogP contribution in [0.25, 0.3) is 0 Å². The second-order valence-corrected chi connectivity index (χ2v) is 6.33. The highest BCUT2D eigenvalue weighted by molar-refractivity contribution is 14.1. The van der Waals surface area contributed by atoms with Gasteiger partial charge in [-0.05, 0) is 67.0 Å². The van der Waals surface area contributed by atoms with E-state index in [9.17, 15) is 0 Å². The van der Waals surface area contributed by atoms with E-state index in [4.69, 9.17) is 0 Å². The second kappa shape index (κ2) is 5.30. The van der Waals surface area contributed by atoms with Crippen molar-refractivity contribution in [3.8, 4) is 0 Å². The molecule has 1 atom stereocenters. The van der Waals surface area contributed by atoms with Crippen LogP contribution in [0, 0.1) is 3.57 Å². The van der Waals surface area contributed by atoms with E-state index in [-0.39, 0.29) is 5.54 Å². The SMILES string of the molecule is CC(CNC(C)(C)C)c1ccc(I)cc1. The molecule has 0 saturated heterocycles. The van der Waals surface area contributed by atoms with E-state index in [1.807, 2.05) is 0 Å². The van der Waals surface area contributed by atoms with Crippen LogP contribution in [-0.4, -0.2) is 12.1 Å². The van der Waals surface area contributed by atoms with E-state index in [0.717, 1.165) is 6.54 Å². The van der Waals surface area contributed by atoms with Crippen molar-refractivity contribution < 1.29 is 0 Å². The summed E-state index contributed by atoms with van der Waals surface area (Å²) in [6.45, 7) is 9.90.